The van der Waals surface area contributed by atoms with Crippen LogP contribution in [0.1, 0.15) is 25.2 Å². The van der Waals surface area contributed by atoms with E-state index >= 15 is 0 Å². The van der Waals surface area contributed by atoms with Gasteiger partial charge in [0.2, 0.25) is 0 Å². The Morgan fingerprint density at radius 3 is 1.82 bits per heavy atom. The van der Waals surface area contributed by atoms with Crippen LogP contribution in [0.5, 0.6) is 0 Å². The first kappa shape index (κ1) is 13.0. The Balaban J connectivity index is 2.75. The van der Waals surface area contributed by atoms with Crippen LogP contribution in [-0.4, -0.2) is 16.9 Å². The maximum absolute atomic E-state index is 11.3. The van der Waals surface area contributed by atoms with Crippen LogP contribution >= 0.6 is 0 Å². The van der Waals surface area contributed by atoms with Crippen LogP contribution in [0.25, 0.3) is 0 Å². The average Bonchev–Trinajstić information content (AvgIpc) is 2.23. The molecule has 0 aromatic carbocycles. The van der Waals surface area contributed by atoms with E-state index in [2.05, 4.69) is 4.98 Å². The van der Waals surface area contributed by atoms with E-state index in [1.54, 1.807) is 0 Å². The highest BCUT2D eigenvalue weighted by molar-refractivity contribution is 5.66. The molecule has 0 spiro atoms. The molecule has 1 N–H and O–H groups in total. The minimum absolute atomic E-state index is 0.0154. The summed E-state index contributed by atoms with van der Waals surface area (Å²) in [6, 6.07) is 2.64. The fraction of sp³-hybridized carbons (Fsp3) is 0.364. The van der Waals surface area contributed by atoms with Gasteiger partial charge in [0.15, 0.2) is 5.43 Å². The molecule has 1 heterocycles. The van der Waals surface area contributed by atoms with Gasteiger partial charge >= 0.3 is 11.9 Å². The Labute approximate surface area is 97.6 Å². The number of aromatic amines is 1. The monoisotopic (exact) mass is 239 g/mol. The van der Waals surface area contributed by atoms with E-state index in [-0.39, 0.29) is 18.6 Å². The molecule has 0 fully saturated rings. The van der Waals surface area contributed by atoms with Crippen molar-refractivity contribution in [1.82, 2.24) is 4.98 Å². The van der Waals surface area contributed by atoms with Crippen molar-refractivity contribution in [2.45, 2.75) is 27.1 Å². The maximum atomic E-state index is 11.3. The molecular formula is C11H13NO5. The molecule has 0 saturated heterocycles. The Bertz CT molecular complexity index is 438. The number of ether oxygens (including phenoxy) is 2. The molecule has 0 saturated carbocycles. The van der Waals surface area contributed by atoms with Crippen molar-refractivity contribution >= 4 is 11.9 Å². The molecule has 0 atom stereocenters. The number of aromatic nitrogens is 1. The van der Waals surface area contributed by atoms with E-state index < -0.39 is 11.9 Å². The van der Waals surface area contributed by atoms with Crippen molar-refractivity contribution in [1.29, 1.82) is 0 Å². The van der Waals surface area contributed by atoms with Crippen molar-refractivity contribution in [3.63, 3.8) is 0 Å². The van der Waals surface area contributed by atoms with E-state index in [0.717, 1.165) is 0 Å². The molecule has 0 radical (unpaired) electrons. The molecule has 1 aromatic rings. The Morgan fingerprint density at radius 1 is 1.06 bits per heavy atom. The minimum Gasteiger partial charge on any atom is -0.459 e. The van der Waals surface area contributed by atoms with Crippen LogP contribution in [0.2, 0.25) is 0 Å². The third-order valence-corrected chi connectivity index (χ3v) is 1.82. The molecule has 0 unspecified atom stereocenters. The summed E-state index contributed by atoms with van der Waals surface area (Å²) in [7, 11) is 0. The van der Waals surface area contributed by atoms with Crippen molar-refractivity contribution in [2.24, 2.45) is 0 Å². The van der Waals surface area contributed by atoms with Crippen LogP contribution in [0.15, 0.2) is 16.9 Å². The average molecular weight is 239 g/mol. The lowest BCUT2D eigenvalue weighted by molar-refractivity contribution is -0.142. The van der Waals surface area contributed by atoms with Gasteiger partial charge in [0.05, 0.1) is 11.4 Å². The summed E-state index contributed by atoms with van der Waals surface area (Å²) in [5, 5.41) is 0. The zero-order valence-corrected chi connectivity index (χ0v) is 9.61. The Morgan fingerprint density at radius 2 is 1.47 bits per heavy atom. The summed E-state index contributed by atoms with van der Waals surface area (Å²) in [6.45, 7) is 2.53. The minimum atomic E-state index is -0.434. The molecule has 0 amide bonds. The van der Waals surface area contributed by atoms with E-state index in [1.165, 1.54) is 26.0 Å². The van der Waals surface area contributed by atoms with Crippen molar-refractivity contribution < 1.29 is 19.1 Å². The maximum Gasteiger partial charge on any atom is 0.303 e. The zero-order chi connectivity index (χ0) is 12.8. The molecule has 6 heteroatoms. The normalized spacial score (nSPS) is 9.76. The number of H-pyrrole nitrogens is 1. The summed E-state index contributed by atoms with van der Waals surface area (Å²) < 4.78 is 9.49. The van der Waals surface area contributed by atoms with Gasteiger partial charge < -0.3 is 14.5 Å². The quantitative estimate of drug-likeness (QED) is 0.773. The molecular weight excluding hydrogens is 226 g/mol. The fourth-order valence-electron chi connectivity index (χ4n) is 1.18. The van der Waals surface area contributed by atoms with Gasteiger partial charge in [0, 0.05) is 26.0 Å². The fourth-order valence-corrected chi connectivity index (χ4v) is 1.18. The highest BCUT2D eigenvalue weighted by Crippen LogP contribution is 2.00. The number of rotatable bonds is 4. The third kappa shape index (κ3) is 4.96. The SMILES string of the molecule is CC(=O)OCc1cc(=O)cc(COC(C)=O)[nH]1. The molecule has 0 aliphatic rings. The number of esters is 2. The summed E-state index contributed by atoms with van der Waals surface area (Å²) in [5.74, 6) is -0.868. The first-order valence-electron chi connectivity index (χ1n) is 4.96. The lowest BCUT2D eigenvalue weighted by Gasteiger charge is -2.06. The topological polar surface area (TPSA) is 85.5 Å². The summed E-state index contributed by atoms with van der Waals surface area (Å²) >= 11 is 0. The summed E-state index contributed by atoms with van der Waals surface area (Å²) in [6.07, 6.45) is 0. The van der Waals surface area contributed by atoms with Gasteiger partial charge in [-0.3, -0.25) is 14.4 Å². The van der Waals surface area contributed by atoms with E-state index in [1.807, 2.05) is 0 Å². The third-order valence-electron chi connectivity index (χ3n) is 1.82. The first-order chi connectivity index (χ1) is 7.97. The molecule has 0 bridgehead atoms. The van der Waals surface area contributed by atoms with Crippen LogP contribution in [0.3, 0.4) is 0 Å². The van der Waals surface area contributed by atoms with E-state index in [0.29, 0.717) is 11.4 Å². The Hall–Kier alpha value is -2.11. The van der Waals surface area contributed by atoms with Crippen LogP contribution < -0.4 is 5.43 Å². The predicted octanol–water partition coefficient (Wildman–Crippen LogP) is 0.501. The second kappa shape index (κ2) is 5.83. The van der Waals surface area contributed by atoms with Gasteiger partial charge in [-0.2, -0.15) is 0 Å². The zero-order valence-electron chi connectivity index (χ0n) is 9.61. The molecule has 17 heavy (non-hydrogen) atoms. The number of hydrogen-bond donors (Lipinski definition) is 1. The van der Waals surface area contributed by atoms with E-state index in [4.69, 9.17) is 9.47 Å². The standard InChI is InChI=1S/C11H13NO5/c1-7(13)16-5-9-3-11(15)4-10(12-9)6-17-8(2)14/h3-4H,5-6H2,1-2H3,(H,12,15). The number of pyridine rings is 1. The van der Waals surface area contributed by atoms with Gasteiger partial charge in [-0.05, 0) is 0 Å². The molecule has 1 aromatic heterocycles. The number of carbonyl (C=O) groups excluding carboxylic acids is 2. The van der Waals surface area contributed by atoms with Gasteiger partial charge in [0.1, 0.15) is 13.2 Å². The van der Waals surface area contributed by atoms with Crippen LogP contribution in [0.4, 0.5) is 0 Å². The molecule has 1 rings (SSSR count). The van der Waals surface area contributed by atoms with Gasteiger partial charge in [-0.1, -0.05) is 0 Å². The molecule has 0 aliphatic carbocycles. The predicted molar refractivity (Wildman–Crippen MR) is 58.0 cm³/mol. The summed E-state index contributed by atoms with van der Waals surface area (Å²) in [5.41, 5.74) is 0.665. The molecule has 6 nitrogen and oxygen atoms in total. The van der Waals surface area contributed by atoms with Crippen LogP contribution in [-0.2, 0) is 32.3 Å². The highest BCUT2D eigenvalue weighted by Gasteiger charge is 2.03. The molecule has 92 valence electrons. The number of hydrogen-bond acceptors (Lipinski definition) is 5. The highest BCUT2D eigenvalue weighted by atomic mass is 16.5. The van der Waals surface area contributed by atoms with Gasteiger partial charge in [-0.15, -0.1) is 0 Å². The largest absolute Gasteiger partial charge is 0.459 e. The lowest BCUT2D eigenvalue weighted by atomic mass is 10.3. The van der Waals surface area contributed by atoms with E-state index in [9.17, 15) is 14.4 Å². The first-order valence-corrected chi connectivity index (χ1v) is 4.96. The second-order valence-electron chi connectivity index (χ2n) is 3.43. The van der Waals surface area contributed by atoms with Gasteiger partial charge in [-0.25, -0.2) is 0 Å². The number of carbonyl (C=O) groups is 2. The summed E-state index contributed by atoms with van der Waals surface area (Å²) in [4.78, 5) is 35.4. The Kier molecular flexibility index (Phi) is 4.45. The van der Waals surface area contributed by atoms with Crippen LogP contribution in [0, 0.1) is 0 Å². The molecule has 0 aliphatic heterocycles. The second-order valence-corrected chi connectivity index (χ2v) is 3.43. The smallest absolute Gasteiger partial charge is 0.303 e. The van der Waals surface area contributed by atoms with Crippen molar-refractivity contribution in [3.8, 4) is 0 Å². The lowest BCUT2D eigenvalue weighted by Crippen LogP contribution is -2.11. The number of nitrogens with one attached hydrogen (secondary N) is 1. The van der Waals surface area contributed by atoms with Crippen molar-refractivity contribution in [3.05, 3.63) is 33.7 Å². The van der Waals surface area contributed by atoms with Crippen molar-refractivity contribution in [2.75, 3.05) is 0 Å². The van der Waals surface area contributed by atoms with Gasteiger partial charge in [0.25, 0.3) is 0 Å².